The molecule has 1 aliphatic heterocycles. The van der Waals surface area contributed by atoms with E-state index in [0.717, 1.165) is 0 Å². The second kappa shape index (κ2) is 6.82. The van der Waals surface area contributed by atoms with Gasteiger partial charge in [-0.05, 0) is 29.0 Å². The molecule has 0 atom stereocenters. The van der Waals surface area contributed by atoms with Crippen LogP contribution < -0.4 is 5.56 Å². The summed E-state index contributed by atoms with van der Waals surface area (Å²) in [6.07, 6.45) is 3.88. The lowest BCUT2D eigenvalue weighted by molar-refractivity contribution is -0.132. The van der Waals surface area contributed by atoms with Gasteiger partial charge in [0.15, 0.2) is 5.82 Å². The van der Waals surface area contributed by atoms with Crippen LogP contribution in [0.5, 0.6) is 0 Å². The van der Waals surface area contributed by atoms with Crippen molar-refractivity contribution in [3.8, 4) is 11.5 Å². The summed E-state index contributed by atoms with van der Waals surface area (Å²) < 4.78 is 1.51. The summed E-state index contributed by atoms with van der Waals surface area (Å²) in [6, 6.07) is 5.41. The Morgan fingerprint density at radius 1 is 1.31 bits per heavy atom. The van der Waals surface area contributed by atoms with Crippen LogP contribution in [0.3, 0.4) is 0 Å². The fraction of sp³-hybridized carbons (Fsp3) is 0.312. The summed E-state index contributed by atoms with van der Waals surface area (Å²) in [4.78, 5) is 38.1. The first-order valence-electron chi connectivity index (χ1n) is 8.23. The molecule has 1 N–H and O–H groups in total. The standard InChI is InChI=1S/C16H16N8O2/c25-14(5-8-24-10-18-21-22-24)23-7-4-11-13(9-23)19-15(20-16(11)26)12-3-1-2-6-17-12/h1-3,6,10H,4-5,7-9H2,(H,19,20,26). The third-order valence-corrected chi connectivity index (χ3v) is 4.28. The second-order valence-corrected chi connectivity index (χ2v) is 5.94. The van der Waals surface area contributed by atoms with Gasteiger partial charge in [0.25, 0.3) is 5.56 Å². The molecule has 4 rings (SSSR count). The molecular weight excluding hydrogens is 336 g/mol. The molecule has 0 fully saturated rings. The molecule has 0 spiro atoms. The molecule has 0 saturated carbocycles. The number of fused-ring (bicyclic) bond motifs is 1. The average Bonchev–Trinajstić information content (AvgIpc) is 3.20. The van der Waals surface area contributed by atoms with E-state index in [0.29, 0.717) is 48.8 Å². The number of carbonyl (C=O) groups excluding carboxylic acids is 1. The zero-order valence-electron chi connectivity index (χ0n) is 13.9. The minimum absolute atomic E-state index is 0.0207. The zero-order valence-corrected chi connectivity index (χ0v) is 13.9. The van der Waals surface area contributed by atoms with E-state index in [1.807, 2.05) is 6.07 Å². The molecule has 0 aliphatic carbocycles. The number of tetrazole rings is 1. The van der Waals surface area contributed by atoms with E-state index in [4.69, 9.17) is 0 Å². The number of nitrogens with zero attached hydrogens (tertiary/aromatic N) is 7. The van der Waals surface area contributed by atoms with Gasteiger partial charge in [0.1, 0.15) is 12.0 Å². The average molecular weight is 352 g/mol. The van der Waals surface area contributed by atoms with Crippen LogP contribution in [0.25, 0.3) is 11.5 Å². The summed E-state index contributed by atoms with van der Waals surface area (Å²) in [5, 5.41) is 10.8. The number of pyridine rings is 1. The van der Waals surface area contributed by atoms with Gasteiger partial charge >= 0.3 is 0 Å². The van der Waals surface area contributed by atoms with Gasteiger partial charge in [0, 0.05) is 24.7 Å². The van der Waals surface area contributed by atoms with Crippen LogP contribution in [0.4, 0.5) is 0 Å². The van der Waals surface area contributed by atoms with E-state index in [-0.39, 0.29) is 17.9 Å². The predicted molar refractivity (Wildman–Crippen MR) is 89.6 cm³/mol. The van der Waals surface area contributed by atoms with Crippen molar-refractivity contribution < 1.29 is 4.79 Å². The van der Waals surface area contributed by atoms with Crippen LogP contribution in [-0.4, -0.2) is 52.5 Å². The molecule has 0 radical (unpaired) electrons. The molecule has 10 nitrogen and oxygen atoms in total. The molecular formula is C16H16N8O2. The smallest absolute Gasteiger partial charge is 0.254 e. The van der Waals surface area contributed by atoms with Gasteiger partial charge in [-0.1, -0.05) is 6.07 Å². The Balaban J connectivity index is 1.53. The minimum Gasteiger partial charge on any atom is -0.336 e. The third kappa shape index (κ3) is 3.21. The van der Waals surface area contributed by atoms with Gasteiger partial charge in [-0.25, -0.2) is 9.67 Å². The van der Waals surface area contributed by atoms with Crippen molar-refractivity contribution in [1.82, 2.24) is 40.1 Å². The van der Waals surface area contributed by atoms with Gasteiger partial charge in [0.05, 0.1) is 18.8 Å². The van der Waals surface area contributed by atoms with Gasteiger partial charge in [-0.3, -0.25) is 14.6 Å². The van der Waals surface area contributed by atoms with Gasteiger partial charge in [-0.2, -0.15) is 0 Å². The van der Waals surface area contributed by atoms with Crippen molar-refractivity contribution >= 4 is 5.91 Å². The van der Waals surface area contributed by atoms with Crippen molar-refractivity contribution in [3.63, 3.8) is 0 Å². The summed E-state index contributed by atoms with van der Waals surface area (Å²) in [5.41, 5.74) is 1.68. The van der Waals surface area contributed by atoms with Gasteiger partial charge in [-0.15, -0.1) is 5.10 Å². The number of aromatic nitrogens is 7. The van der Waals surface area contributed by atoms with E-state index in [9.17, 15) is 9.59 Å². The maximum absolute atomic E-state index is 12.5. The molecule has 132 valence electrons. The minimum atomic E-state index is -0.170. The second-order valence-electron chi connectivity index (χ2n) is 5.94. The van der Waals surface area contributed by atoms with Crippen LogP contribution >= 0.6 is 0 Å². The topological polar surface area (TPSA) is 123 Å². The normalized spacial score (nSPS) is 13.5. The molecule has 3 aromatic heterocycles. The fourth-order valence-corrected chi connectivity index (χ4v) is 2.93. The first-order chi connectivity index (χ1) is 12.7. The Bertz CT molecular complexity index is 968. The lowest BCUT2D eigenvalue weighted by atomic mass is 10.1. The maximum Gasteiger partial charge on any atom is 0.254 e. The Morgan fingerprint density at radius 3 is 3.00 bits per heavy atom. The van der Waals surface area contributed by atoms with Crippen molar-refractivity contribution in [3.05, 3.63) is 52.3 Å². The third-order valence-electron chi connectivity index (χ3n) is 4.28. The highest BCUT2D eigenvalue weighted by Gasteiger charge is 2.24. The van der Waals surface area contributed by atoms with Crippen molar-refractivity contribution in [2.45, 2.75) is 25.9 Å². The highest BCUT2D eigenvalue weighted by molar-refractivity contribution is 5.76. The first kappa shape index (κ1) is 16.1. The molecule has 0 saturated heterocycles. The number of aryl methyl sites for hydroxylation is 1. The van der Waals surface area contributed by atoms with E-state index in [1.54, 1.807) is 23.2 Å². The number of nitrogens with one attached hydrogen (secondary N) is 1. The molecule has 26 heavy (non-hydrogen) atoms. The monoisotopic (exact) mass is 352 g/mol. The SMILES string of the molecule is O=C(CCn1cnnn1)N1CCc2c(nc(-c3ccccn3)[nH]c2=O)C1. The Hall–Kier alpha value is -3.43. The molecule has 10 heteroatoms. The van der Waals surface area contributed by atoms with E-state index in [2.05, 4.69) is 30.5 Å². The lowest BCUT2D eigenvalue weighted by Crippen LogP contribution is -2.39. The van der Waals surface area contributed by atoms with Crippen LogP contribution in [-0.2, 0) is 24.3 Å². The molecule has 3 aromatic rings. The molecule has 1 aliphatic rings. The summed E-state index contributed by atoms with van der Waals surface area (Å²) >= 11 is 0. The number of hydrogen-bond donors (Lipinski definition) is 1. The van der Waals surface area contributed by atoms with Crippen LogP contribution in [0.15, 0.2) is 35.5 Å². The van der Waals surface area contributed by atoms with Crippen LogP contribution in [0, 0.1) is 0 Å². The summed E-state index contributed by atoms with van der Waals surface area (Å²) in [5.74, 6) is 0.393. The quantitative estimate of drug-likeness (QED) is 0.689. The van der Waals surface area contributed by atoms with E-state index >= 15 is 0 Å². The Morgan fingerprint density at radius 2 is 2.23 bits per heavy atom. The van der Waals surface area contributed by atoms with Gasteiger partial charge < -0.3 is 9.88 Å². The largest absolute Gasteiger partial charge is 0.336 e. The number of hydrogen-bond acceptors (Lipinski definition) is 7. The van der Waals surface area contributed by atoms with Crippen molar-refractivity contribution in [2.24, 2.45) is 0 Å². The maximum atomic E-state index is 12.5. The van der Waals surface area contributed by atoms with E-state index < -0.39 is 0 Å². The van der Waals surface area contributed by atoms with Crippen molar-refractivity contribution in [2.75, 3.05) is 6.54 Å². The number of carbonyl (C=O) groups is 1. The highest BCUT2D eigenvalue weighted by atomic mass is 16.2. The van der Waals surface area contributed by atoms with Crippen LogP contribution in [0.2, 0.25) is 0 Å². The van der Waals surface area contributed by atoms with Crippen LogP contribution in [0.1, 0.15) is 17.7 Å². The number of amides is 1. The predicted octanol–water partition coefficient (Wildman–Crippen LogP) is -0.207. The summed E-state index contributed by atoms with van der Waals surface area (Å²) in [6.45, 7) is 1.22. The number of aromatic amines is 1. The fourth-order valence-electron chi connectivity index (χ4n) is 2.93. The number of rotatable bonds is 4. The zero-order chi connectivity index (χ0) is 17.9. The Labute approximate surface area is 147 Å². The molecule has 1 amide bonds. The number of H-pyrrole nitrogens is 1. The molecule has 4 heterocycles. The van der Waals surface area contributed by atoms with Crippen molar-refractivity contribution in [1.29, 1.82) is 0 Å². The lowest BCUT2D eigenvalue weighted by Gasteiger charge is -2.27. The highest BCUT2D eigenvalue weighted by Crippen LogP contribution is 2.18. The first-order valence-corrected chi connectivity index (χ1v) is 8.23. The molecule has 0 bridgehead atoms. The summed E-state index contributed by atoms with van der Waals surface area (Å²) in [7, 11) is 0. The molecule has 0 unspecified atom stereocenters. The van der Waals surface area contributed by atoms with E-state index in [1.165, 1.54) is 11.0 Å². The molecule has 0 aromatic carbocycles. The Kier molecular flexibility index (Phi) is 4.22. The van der Waals surface area contributed by atoms with Gasteiger partial charge in [0.2, 0.25) is 5.91 Å².